The molecule has 1 aromatic rings. The minimum absolute atomic E-state index is 0.441. The van der Waals surface area contributed by atoms with E-state index in [0.717, 1.165) is 44.1 Å². The van der Waals surface area contributed by atoms with Crippen LogP contribution in [-0.4, -0.2) is 36.8 Å². The van der Waals surface area contributed by atoms with Crippen molar-refractivity contribution in [1.82, 2.24) is 9.97 Å². The molecular weight excluding hydrogens is 216 g/mol. The van der Waals surface area contributed by atoms with Crippen LogP contribution in [-0.2, 0) is 11.3 Å². The molecule has 1 saturated heterocycles. The summed E-state index contributed by atoms with van der Waals surface area (Å²) >= 11 is 0. The molecule has 1 aliphatic rings. The summed E-state index contributed by atoms with van der Waals surface area (Å²) < 4.78 is 5.36. The third kappa shape index (κ3) is 3.38. The maximum Gasteiger partial charge on any atom is 0.146 e. The zero-order valence-electron chi connectivity index (χ0n) is 10.3. The SMILES string of the molecule is CN(CC1CCOCC1)c1cnc(CN)cn1. The van der Waals surface area contributed by atoms with E-state index in [1.165, 1.54) is 0 Å². The van der Waals surface area contributed by atoms with Gasteiger partial charge in [-0.05, 0) is 18.8 Å². The van der Waals surface area contributed by atoms with Crippen molar-refractivity contribution in [2.75, 3.05) is 31.7 Å². The van der Waals surface area contributed by atoms with Crippen LogP contribution in [0.2, 0.25) is 0 Å². The molecule has 0 spiro atoms. The summed E-state index contributed by atoms with van der Waals surface area (Å²) in [5.74, 6) is 1.61. The average Bonchev–Trinajstić information content (AvgIpc) is 2.40. The quantitative estimate of drug-likeness (QED) is 0.837. The Labute approximate surface area is 102 Å². The fourth-order valence-electron chi connectivity index (χ4n) is 2.06. The van der Waals surface area contributed by atoms with Crippen LogP contribution in [0.5, 0.6) is 0 Å². The number of nitrogens with two attached hydrogens (primary N) is 1. The van der Waals surface area contributed by atoms with E-state index in [1.807, 2.05) is 0 Å². The van der Waals surface area contributed by atoms with Crippen LogP contribution in [0.25, 0.3) is 0 Å². The largest absolute Gasteiger partial charge is 0.381 e. The third-order valence-electron chi connectivity index (χ3n) is 3.16. The molecular formula is C12H20N4O. The molecule has 2 rings (SSSR count). The first-order chi connectivity index (χ1) is 8.29. The number of rotatable bonds is 4. The Hall–Kier alpha value is -1.20. The molecule has 2 N–H and O–H groups in total. The van der Waals surface area contributed by atoms with Gasteiger partial charge in [0.05, 0.1) is 18.1 Å². The van der Waals surface area contributed by atoms with Gasteiger partial charge in [0.2, 0.25) is 0 Å². The zero-order chi connectivity index (χ0) is 12.1. The highest BCUT2D eigenvalue weighted by atomic mass is 16.5. The summed E-state index contributed by atoms with van der Waals surface area (Å²) in [6.07, 6.45) is 5.81. The summed E-state index contributed by atoms with van der Waals surface area (Å²) in [7, 11) is 2.06. The average molecular weight is 236 g/mol. The van der Waals surface area contributed by atoms with Gasteiger partial charge in [0.15, 0.2) is 0 Å². The monoisotopic (exact) mass is 236 g/mol. The molecule has 0 aliphatic carbocycles. The van der Waals surface area contributed by atoms with E-state index >= 15 is 0 Å². The summed E-state index contributed by atoms with van der Waals surface area (Å²) in [6.45, 7) is 3.23. The lowest BCUT2D eigenvalue weighted by Crippen LogP contribution is -2.30. The van der Waals surface area contributed by atoms with Crippen LogP contribution < -0.4 is 10.6 Å². The van der Waals surface area contributed by atoms with Crippen molar-refractivity contribution < 1.29 is 4.74 Å². The molecule has 0 aromatic carbocycles. The van der Waals surface area contributed by atoms with Crippen LogP contribution >= 0.6 is 0 Å². The lowest BCUT2D eigenvalue weighted by Gasteiger charge is -2.27. The second-order valence-electron chi connectivity index (χ2n) is 4.51. The van der Waals surface area contributed by atoms with Crippen LogP contribution in [0.15, 0.2) is 12.4 Å². The smallest absolute Gasteiger partial charge is 0.146 e. The summed E-state index contributed by atoms with van der Waals surface area (Å²) in [6, 6.07) is 0. The number of anilines is 1. The first kappa shape index (κ1) is 12.3. The molecule has 0 radical (unpaired) electrons. The van der Waals surface area contributed by atoms with Crippen molar-refractivity contribution in [2.45, 2.75) is 19.4 Å². The molecule has 2 heterocycles. The van der Waals surface area contributed by atoms with E-state index in [9.17, 15) is 0 Å². The van der Waals surface area contributed by atoms with Gasteiger partial charge in [0.1, 0.15) is 5.82 Å². The van der Waals surface area contributed by atoms with E-state index in [2.05, 4.69) is 21.9 Å². The molecule has 1 aliphatic heterocycles. The van der Waals surface area contributed by atoms with Crippen molar-refractivity contribution in [3.8, 4) is 0 Å². The fraction of sp³-hybridized carbons (Fsp3) is 0.667. The molecule has 17 heavy (non-hydrogen) atoms. The Kier molecular flexibility index (Phi) is 4.28. The Morgan fingerprint density at radius 1 is 1.35 bits per heavy atom. The van der Waals surface area contributed by atoms with E-state index in [0.29, 0.717) is 12.5 Å². The second-order valence-corrected chi connectivity index (χ2v) is 4.51. The number of hydrogen-bond donors (Lipinski definition) is 1. The van der Waals surface area contributed by atoms with E-state index < -0.39 is 0 Å². The number of aromatic nitrogens is 2. The van der Waals surface area contributed by atoms with Gasteiger partial charge < -0.3 is 15.4 Å². The zero-order valence-corrected chi connectivity index (χ0v) is 10.3. The first-order valence-corrected chi connectivity index (χ1v) is 6.09. The maximum absolute atomic E-state index is 5.50. The van der Waals surface area contributed by atoms with Crippen molar-refractivity contribution in [3.05, 3.63) is 18.1 Å². The first-order valence-electron chi connectivity index (χ1n) is 6.09. The molecule has 0 saturated carbocycles. The highest BCUT2D eigenvalue weighted by Crippen LogP contribution is 2.18. The van der Waals surface area contributed by atoms with Crippen molar-refractivity contribution in [3.63, 3.8) is 0 Å². The Morgan fingerprint density at radius 2 is 2.12 bits per heavy atom. The normalized spacial score (nSPS) is 17.1. The standard InChI is InChI=1S/C12H20N4O/c1-16(9-10-2-4-17-5-3-10)12-8-14-11(6-13)7-15-12/h7-8,10H,2-6,9,13H2,1H3. The predicted octanol–water partition coefficient (Wildman–Crippen LogP) is 0.798. The molecule has 0 amide bonds. The summed E-state index contributed by atoms with van der Waals surface area (Å²) in [5.41, 5.74) is 6.32. The number of hydrogen-bond acceptors (Lipinski definition) is 5. The van der Waals surface area contributed by atoms with Gasteiger partial charge in [-0.3, -0.25) is 4.98 Å². The Balaban J connectivity index is 1.91. The van der Waals surface area contributed by atoms with Gasteiger partial charge >= 0.3 is 0 Å². The van der Waals surface area contributed by atoms with Crippen molar-refractivity contribution in [2.24, 2.45) is 11.7 Å². The van der Waals surface area contributed by atoms with Crippen molar-refractivity contribution >= 4 is 5.82 Å². The fourth-order valence-corrected chi connectivity index (χ4v) is 2.06. The van der Waals surface area contributed by atoms with Crippen LogP contribution in [0.4, 0.5) is 5.82 Å². The summed E-state index contributed by atoms with van der Waals surface area (Å²) in [4.78, 5) is 10.8. The maximum atomic E-state index is 5.50. The molecule has 1 aromatic heterocycles. The van der Waals surface area contributed by atoms with E-state index in [4.69, 9.17) is 10.5 Å². The summed E-state index contributed by atoms with van der Waals surface area (Å²) in [5, 5.41) is 0. The molecule has 0 bridgehead atoms. The molecule has 94 valence electrons. The highest BCUT2D eigenvalue weighted by molar-refractivity contribution is 5.34. The van der Waals surface area contributed by atoms with Crippen LogP contribution in [0, 0.1) is 5.92 Å². The van der Waals surface area contributed by atoms with Crippen LogP contribution in [0.1, 0.15) is 18.5 Å². The molecule has 5 nitrogen and oxygen atoms in total. The van der Waals surface area contributed by atoms with Gasteiger partial charge in [-0.1, -0.05) is 0 Å². The Morgan fingerprint density at radius 3 is 2.71 bits per heavy atom. The topological polar surface area (TPSA) is 64.3 Å². The number of nitrogens with zero attached hydrogens (tertiary/aromatic N) is 3. The predicted molar refractivity (Wildman–Crippen MR) is 66.7 cm³/mol. The van der Waals surface area contributed by atoms with Gasteiger partial charge in [-0.15, -0.1) is 0 Å². The molecule has 0 atom stereocenters. The van der Waals surface area contributed by atoms with E-state index in [1.54, 1.807) is 12.4 Å². The van der Waals surface area contributed by atoms with Gasteiger partial charge in [-0.25, -0.2) is 4.98 Å². The molecule has 1 fully saturated rings. The highest BCUT2D eigenvalue weighted by Gasteiger charge is 2.16. The van der Waals surface area contributed by atoms with Crippen molar-refractivity contribution in [1.29, 1.82) is 0 Å². The Bertz CT molecular complexity index is 335. The minimum Gasteiger partial charge on any atom is -0.381 e. The van der Waals surface area contributed by atoms with E-state index in [-0.39, 0.29) is 0 Å². The lowest BCUT2D eigenvalue weighted by atomic mass is 10.00. The van der Waals surface area contributed by atoms with Crippen LogP contribution in [0.3, 0.4) is 0 Å². The van der Waals surface area contributed by atoms with Gasteiger partial charge in [-0.2, -0.15) is 0 Å². The molecule has 5 heteroatoms. The number of ether oxygens (including phenoxy) is 1. The molecule has 0 unspecified atom stereocenters. The van der Waals surface area contributed by atoms with Gasteiger partial charge in [0, 0.05) is 33.4 Å². The third-order valence-corrected chi connectivity index (χ3v) is 3.16. The second kappa shape index (κ2) is 5.93. The minimum atomic E-state index is 0.441. The van der Waals surface area contributed by atoms with Gasteiger partial charge in [0.25, 0.3) is 0 Å². The lowest BCUT2D eigenvalue weighted by molar-refractivity contribution is 0.0685.